The Balaban J connectivity index is 0. The van der Waals surface area contributed by atoms with Gasteiger partial charge in [0.05, 0.1) is 0 Å². The number of nitrogens with two attached hydrogens (primary N) is 1. The van der Waals surface area contributed by atoms with Crippen molar-refractivity contribution in [3.05, 3.63) is 29.3 Å². The quantitative estimate of drug-likeness (QED) is 0.700. The predicted molar refractivity (Wildman–Crippen MR) is 69.2 cm³/mol. The van der Waals surface area contributed by atoms with E-state index in [1.54, 1.807) is 0 Å². The number of hydrogen-bond donors (Lipinski definition) is 2. The fourth-order valence-corrected chi connectivity index (χ4v) is 1.28. The topological polar surface area (TPSA) is 46.2 Å². The predicted octanol–water partition coefficient (Wildman–Crippen LogP) is 3.34. The smallest absolute Gasteiger partial charge is 0.0319 e. The molecule has 0 spiro atoms. The van der Waals surface area contributed by atoms with Gasteiger partial charge >= 0.3 is 0 Å². The average molecular weight is 211 g/mol. The van der Waals surface area contributed by atoms with Gasteiger partial charge < -0.3 is 10.8 Å². The maximum atomic E-state index is 7.00. The summed E-state index contributed by atoms with van der Waals surface area (Å²) < 4.78 is 0. The van der Waals surface area contributed by atoms with Crippen molar-refractivity contribution in [2.24, 2.45) is 0 Å². The fraction of sp³-hybridized carbons (Fsp3) is 0.538. The molecule has 1 aromatic carbocycles. The first-order valence-electron chi connectivity index (χ1n) is 5.42. The molecule has 88 valence electrons. The van der Waals surface area contributed by atoms with Crippen LogP contribution in [0.15, 0.2) is 18.2 Å². The van der Waals surface area contributed by atoms with Gasteiger partial charge in [-0.05, 0) is 36.1 Å². The number of aliphatic hydroxyl groups is 1. The lowest BCUT2D eigenvalue weighted by molar-refractivity contribution is 0.399. The Kier molecular flexibility index (Phi) is 10.4. The lowest BCUT2D eigenvalue weighted by atomic mass is 9.98. The zero-order valence-corrected chi connectivity index (χ0v) is 10.8. The molecule has 0 unspecified atom stereocenters. The van der Waals surface area contributed by atoms with Gasteiger partial charge in [-0.1, -0.05) is 33.8 Å². The number of hydrogen-bond acceptors (Lipinski definition) is 2. The number of aliphatic hydroxyl groups excluding tert-OH is 1. The molecular formula is C13H25NO. The number of rotatable bonds is 1. The monoisotopic (exact) mass is 211 g/mol. The van der Waals surface area contributed by atoms with Crippen LogP contribution in [0.2, 0.25) is 0 Å². The van der Waals surface area contributed by atoms with E-state index >= 15 is 0 Å². The van der Waals surface area contributed by atoms with Crippen molar-refractivity contribution in [3.63, 3.8) is 0 Å². The molecule has 0 aliphatic heterocycles. The van der Waals surface area contributed by atoms with Gasteiger partial charge in [-0.3, -0.25) is 0 Å². The third kappa shape index (κ3) is 6.13. The maximum Gasteiger partial charge on any atom is 0.0319 e. The first kappa shape index (κ1) is 16.4. The van der Waals surface area contributed by atoms with E-state index < -0.39 is 0 Å². The molecule has 0 radical (unpaired) electrons. The van der Waals surface area contributed by atoms with Gasteiger partial charge in [0.15, 0.2) is 0 Å². The summed E-state index contributed by atoms with van der Waals surface area (Å²) in [6, 6.07) is 6.08. The third-order valence-corrected chi connectivity index (χ3v) is 1.93. The second-order valence-corrected chi connectivity index (χ2v) is 3.27. The minimum absolute atomic E-state index is 0.568. The average Bonchev–Trinajstić information content (AvgIpc) is 2.27. The molecule has 0 amide bonds. The largest absolute Gasteiger partial charge is 0.400 e. The van der Waals surface area contributed by atoms with E-state index in [9.17, 15) is 0 Å². The molecule has 1 aromatic rings. The van der Waals surface area contributed by atoms with Crippen LogP contribution in [0.25, 0.3) is 0 Å². The van der Waals surface area contributed by atoms with E-state index in [4.69, 9.17) is 10.8 Å². The second-order valence-electron chi connectivity index (χ2n) is 3.27. The Hall–Kier alpha value is -1.02. The van der Waals surface area contributed by atoms with Crippen LogP contribution < -0.4 is 5.73 Å². The summed E-state index contributed by atoms with van der Waals surface area (Å²) in [6.07, 6.45) is 0. The summed E-state index contributed by atoms with van der Waals surface area (Å²) in [5, 5.41) is 7.00. The summed E-state index contributed by atoms with van der Waals surface area (Å²) in [7, 11) is 1.00. The number of anilines is 1. The normalized spacial score (nSPS) is 8.53. The third-order valence-electron chi connectivity index (χ3n) is 1.93. The van der Waals surface area contributed by atoms with E-state index in [1.807, 2.05) is 19.9 Å². The Labute approximate surface area is 94.1 Å². The molecule has 15 heavy (non-hydrogen) atoms. The molecule has 0 atom stereocenters. The molecule has 0 aromatic heterocycles. The highest BCUT2D eigenvalue weighted by Gasteiger charge is 2.02. The van der Waals surface area contributed by atoms with Crippen LogP contribution in [0.3, 0.4) is 0 Å². The van der Waals surface area contributed by atoms with Gasteiger partial charge in [0, 0.05) is 12.8 Å². The highest BCUT2D eigenvalue weighted by atomic mass is 16.2. The highest BCUT2D eigenvalue weighted by molar-refractivity contribution is 5.45. The lowest BCUT2D eigenvalue weighted by Gasteiger charge is -2.09. The molecule has 2 heteroatoms. The van der Waals surface area contributed by atoms with Crippen molar-refractivity contribution >= 4 is 5.69 Å². The first-order chi connectivity index (χ1) is 7.11. The number of nitrogen functional groups attached to an aromatic ring is 1. The van der Waals surface area contributed by atoms with E-state index in [0.29, 0.717) is 5.92 Å². The van der Waals surface area contributed by atoms with Crippen LogP contribution in [-0.4, -0.2) is 12.2 Å². The van der Waals surface area contributed by atoms with Crippen LogP contribution in [0.1, 0.15) is 44.7 Å². The van der Waals surface area contributed by atoms with Crippen LogP contribution >= 0.6 is 0 Å². The Bertz CT molecular complexity index is 257. The van der Waals surface area contributed by atoms with Gasteiger partial charge in [0.1, 0.15) is 0 Å². The van der Waals surface area contributed by atoms with E-state index in [1.165, 1.54) is 11.1 Å². The fourth-order valence-electron chi connectivity index (χ4n) is 1.28. The van der Waals surface area contributed by atoms with Gasteiger partial charge in [0.2, 0.25) is 0 Å². The van der Waals surface area contributed by atoms with Gasteiger partial charge in [-0.15, -0.1) is 0 Å². The van der Waals surface area contributed by atoms with Gasteiger partial charge in [-0.2, -0.15) is 0 Å². The summed E-state index contributed by atoms with van der Waals surface area (Å²) in [4.78, 5) is 0. The molecule has 0 fully saturated rings. The van der Waals surface area contributed by atoms with Crippen LogP contribution in [0.5, 0.6) is 0 Å². The summed E-state index contributed by atoms with van der Waals surface area (Å²) in [6.45, 7) is 10.5. The Morgan fingerprint density at radius 3 is 1.93 bits per heavy atom. The zero-order chi connectivity index (χ0) is 12.4. The minimum atomic E-state index is 0.568. The van der Waals surface area contributed by atoms with E-state index in [2.05, 4.69) is 32.9 Å². The highest BCUT2D eigenvalue weighted by Crippen LogP contribution is 2.20. The standard InChI is InChI=1S/C10H15N.C2H6.CH4O/c1-7(2)10-6-9(11)5-4-8(10)3;2*1-2/h4-7H,11H2,1-3H3;1-2H3;2H,1H3. The number of benzene rings is 1. The molecule has 3 N–H and O–H groups in total. The maximum absolute atomic E-state index is 7.00. The first-order valence-corrected chi connectivity index (χ1v) is 5.42. The Morgan fingerprint density at radius 2 is 1.60 bits per heavy atom. The van der Waals surface area contributed by atoms with Crippen LogP contribution in [-0.2, 0) is 0 Å². The number of aryl methyl sites for hydroxylation is 1. The zero-order valence-electron chi connectivity index (χ0n) is 10.8. The van der Waals surface area contributed by atoms with Crippen molar-refractivity contribution in [1.82, 2.24) is 0 Å². The Morgan fingerprint density at radius 1 is 1.13 bits per heavy atom. The van der Waals surface area contributed by atoms with Crippen molar-refractivity contribution in [2.75, 3.05) is 12.8 Å². The summed E-state index contributed by atoms with van der Waals surface area (Å²) in [5.74, 6) is 0.568. The molecule has 0 saturated heterocycles. The van der Waals surface area contributed by atoms with E-state index in [0.717, 1.165) is 12.8 Å². The van der Waals surface area contributed by atoms with Crippen LogP contribution in [0, 0.1) is 6.92 Å². The minimum Gasteiger partial charge on any atom is -0.400 e. The molecule has 2 nitrogen and oxygen atoms in total. The molecule has 0 heterocycles. The molecule has 1 rings (SSSR count). The van der Waals surface area contributed by atoms with Crippen molar-refractivity contribution in [3.8, 4) is 0 Å². The van der Waals surface area contributed by atoms with Crippen molar-refractivity contribution < 1.29 is 5.11 Å². The van der Waals surface area contributed by atoms with Gasteiger partial charge in [0.25, 0.3) is 0 Å². The second kappa shape index (κ2) is 9.53. The summed E-state index contributed by atoms with van der Waals surface area (Å²) in [5.41, 5.74) is 9.21. The van der Waals surface area contributed by atoms with E-state index in [-0.39, 0.29) is 0 Å². The summed E-state index contributed by atoms with van der Waals surface area (Å²) >= 11 is 0. The molecule has 0 aliphatic carbocycles. The van der Waals surface area contributed by atoms with Crippen molar-refractivity contribution in [2.45, 2.75) is 40.5 Å². The molecule has 0 bridgehead atoms. The molecule has 0 aliphatic rings. The van der Waals surface area contributed by atoms with Crippen molar-refractivity contribution in [1.29, 1.82) is 0 Å². The molecule has 0 saturated carbocycles. The van der Waals surface area contributed by atoms with Crippen LogP contribution in [0.4, 0.5) is 5.69 Å². The lowest BCUT2D eigenvalue weighted by Crippen LogP contribution is -1.94. The SMILES string of the molecule is CC.CO.Cc1ccc(N)cc1C(C)C. The molecular weight excluding hydrogens is 186 g/mol. The van der Waals surface area contributed by atoms with Gasteiger partial charge in [-0.25, -0.2) is 0 Å².